The second kappa shape index (κ2) is 10.1. The van der Waals surface area contributed by atoms with Crippen LogP contribution in [0.2, 0.25) is 5.15 Å². The molecule has 0 atom stereocenters. The van der Waals surface area contributed by atoms with Crippen molar-refractivity contribution >= 4 is 35.1 Å². The maximum Gasteiger partial charge on any atom is 0.251 e. The molecule has 1 aromatic heterocycles. The van der Waals surface area contributed by atoms with Crippen LogP contribution in [-0.4, -0.2) is 29.0 Å². The number of halogens is 2. The molecule has 1 fully saturated rings. The van der Waals surface area contributed by atoms with Crippen LogP contribution in [0.4, 0.5) is 10.2 Å². The lowest BCUT2D eigenvalue weighted by atomic mass is 10.1. The SMILES string of the molecule is O=C(NCc1ccc(F)cc1)c1ccc(CSc2nc(Cl)cc(N3CCCC3)n2)cc1. The van der Waals surface area contributed by atoms with Crippen molar-refractivity contribution in [1.29, 1.82) is 0 Å². The molecule has 2 heterocycles. The van der Waals surface area contributed by atoms with Crippen LogP contribution in [0, 0.1) is 5.82 Å². The summed E-state index contributed by atoms with van der Waals surface area (Å²) < 4.78 is 13.0. The third-order valence-corrected chi connectivity index (χ3v) is 6.15. The summed E-state index contributed by atoms with van der Waals surface area (Å²) in [5.74, 6) is 1.10. The Morgan fingerprint density at radius 3 is 2.42 bits per heavy atom. The third-order valence-electron chi connectivity index (χ3n) is 5.04. The molecular weight excluding hydrogens is 435 g/mol. The van der Waals surface area contributed by atoms with Crippen molar-refractivity contribution in [2.45, 2.75) is 30.3 Å². The molecule has 0 radical (unpaired) electrons. The Balaban J connectivity index is 1.32. The van der Waals surface area contributed by atoms with Gasteiger partial charge in [0.15, 0.2) is 5.16 Å². The first-order valence-corrected chi connectivity index (χ1v) is 11.5. The number of thioether (sulfide) groups is 1. The van der Waals surface area contributed by atoms with E-state index in [-0.39, 0.29) is 11.7 Å². The first kappa shape index (κ1) is 21.6. The van der Waals surface area contributed by atoms with E-state index in [1.165, 1.54) is 36.7 Å². The van der Waals surface area contributed by atoms with Gasteiger partial charge >= 0.3 is 0 Å². The highest BCUT2D eigenvalue weighted by atomic mass is 35.5. The third kappa shape index (κ3) is 5.95. The molecule has 31 heavy (non-hydrogen) atoms. The van der Waals surface area contributed by atoms with E-state index in [4.69, 9.17) is 11.6 Å². The first-order valence-electron chi connectivity index (χ1n) is 10.1. The summed E-state index contributed by atoms with van der Waals surface area (Å²) in [4.78, 5) is 23.5. The number of nitrogens with one attached hydrogen (secondary N) is 1. The molecule has 0 spiro atoms. The highest BCUT2D eigenvalue weighted by Crippen LogP contribution is 2.26. The quantitative estimate of drug-likeness (QED) is 0.305. The van der Waals surface area contributed by atoms with Gasteiger partial charge in [-0.15, -0.1) is 0 Å². The molecular formula is C23H22ClFN4OS. The predicted octanol–water partition coefficient (Wildman–Crippen LogP) is 5.09. The largest absolute Gasteiger partial charge is 0.356 e. The van der Waals surface area contributed by atoms with Crippen molar-refractivity contribution in [2.24, 2.45) is 0 Å². The van der Waals surface area contributed by atoms with Gasteiger partial charge in [0.25, 0.3) is 5.91 Å². The Morgan fingerprint density at radius 2 is 1.71 bits per heavy atom. The van der Waals surface area contributed by atoms with Gasteiger partial charge in [0.05, 0.1) is 0 Å². The number of hydrogen-bond acceptors (Lipinski definition) is 5. The van der Waals surface area contributed by atoms with Gasteiger partial charge in [0.1, 0.15) is 16.8 Å². The van der Waals surface area contributed by atoms with Crippen LogP contribution < -0.4 is 10.2 Å². The minimum Gasteiger partial charge on any atom is -0.356 e. The minimum absolute atomic E-state index is 0.169. The zero-order valence-electron chi connectivity index (χ0n) is 16.9. The van der Waals surface area contributed by atoms with Gasteiger partial charge in [0, 0.05) is 37.0 Å². The molecule has 160 valence electrons. The van der Waals surface area contributed by atoms with Crippen molar-refractivity contribution in [3.63, 3.8) is 0 Å². The maximum absolute atomic E-state index is 13.0. The number of carbonyl (C=O) groups is 1. The number of amides is 1. The fraction of sp³-hybridized carbons (Fsp3) is 0.261. The Hall–Kier alpha value is -2.64. The van der Waals surface area contributed by atoms with E-state index in [1.54, 1.807) is 24.3 Å². The van der Waals surface area contributed by atoms with Crippen molar-refractivity contribution < 1.29 is 9.18 Å². The van der Waals surface area contributed by atoms with E-state index in [1.807, 2.05) is 18.2 Å². The standard InChI is InChI=1S/C23H22ClFN4OS/c24-20-13-21(29-11-1-2-12-29)28-23(27-20)31-15-17-3-7-18(8-4-17)22(30)26-14-16-5-9-19(25)10-6-16/h3-10,13H,1-2,11-12,14-15H2,(H,26,30). The first-order chi connectivity index (χ1) is 15.1. The molecule has 3 aromatic rings. The zero-order valence-corrected chi connectivity index (χ0v) is 18.4. The van der Waals surface area contributed by atoms with E-state index >= 15 is 0 Å². The lowest BCUT2D eigenvalue weighted by Gasteiger charge is -2.16. The number of carbonyl (C=O) groups excluding carboxylic acids is 1. The molecule has 4 rings (SSSR count). The molecule has 1 aliphatic heterocycles. The fourth-order valence-electron chi connectivity index (χ4n) is 3.35. The smallest absolute Gasteiger partial charge is 0.251 e. The highest BCUT2D eigenvalue weighted by Gasteiger charge is 2.16. The van der Waals surface area contributed by atoms with E-state index < -0.39 is 0 Å². The molecule has 0 unspecified atom stereocenters. The van der Waals surface area contributed by atoms with Gasteiger partial charge in [-0.3, -0.25) is 4.79 Å². The summed E-state index contributed by atoms with van der Waals surface area (Å²) >= 11 is 7.71. The second-order valence-corrected chi connectivity index (χ2v) is 8.65. The summed E-state index contributed by atoms with van der Waals surface area (Å²) in [6.07, 6.45) is 2.35. The summed E-state index contributed by atoms with van der Waals surface area (Å²) in [5.41, 5.74) is 2.48. The van der Waals surface area contributed by atoms with Crippen LogP contribution >= 0.6 is 23.4 Å². The van der Waals surface area contributed by atoms with Crippen molar-refractivity contribution in [1.82, 2.24) is 15.3 Å². The normalized spacial score (nSPS) is 13.4. The molecule has 2 aromatic carbocycles. The molecule has 0 bridgehead atoms. The number of nitrogens with zero attached hydrogens (tertiary/aromatic N) is 3. The Labute approximate surface area is 190 Å². The highest BCUT2D eigenvalue weighted by molar-refractivity contribution is 7.98. The lowest BCUT2D eigenvalue weighted by molar-refractivity contribution is 0.0951. The van der Waals surface area contributed by atoms with Crippen molar-refractivity contribution in [3.05, 3.63) is 82.3 Å². The lowest BCUT2D eigenvalue weighted by Crippen LogP contribution is -2.22. The van der Waals surface area contributed by atoms with Crippen LogP contribution in [0.3, 0.4) is 0 Å². The van der Waals surface area contributed by atoms with Gasteiger partial charge in [-0.25, -0.2) is 14.4 Å². The van der Waals surface area contributed by atoms with Crippen LogP contribution in [0.15, 0.2) is 59.8 Å². The summed E-state index contributed by atoms with van der Waals surface area (Å²) in [5, 5.41) is 3.95. The number of benzene rings is 2. The molecule has 5 nitrogen and oxygen atoms in total. The summed E-state index contributed by atoms with van der Waals surface area (Å²) in [6.45, 7) is 2.35. The van der Waals surface area contributed by atoms with Crippen molar-refractivity contribution in [2.75, 3.05) is 18.0 Å². The van der Waals surface area contributed by atoms with Gasteiger partial charge in [-0.05, 0) is 48.2 Å². The number of aromatic nitrogens is 2. The molecule has 1 aliphatic rings. The number of anilines is 1. The summed E-state index contributed by atoms with van der Waals surface area (Å²) in [6, 6.07) is 15.3. The minimum atomic E-state index is -0.293. The van der Waals surface area contributed by atoms with E-state index in [9.17, 15) is 9.18 Å². The van der Waals surface area contributed by atoms with Gasteiger partial charge in [-0.1, -0.05) is 47.6 Å². The average Bonchev–Trinajstić information content (AvgIpc) is 3.32. The Kier molecular flexibility index (Phi) is 7.04. The Morgan fingerprint density at radius 1 is 1.03 bits per heavy atom. The molecule has 0 aliphatic carbocycles. The van der Waals surface area contributed by atoms with Crippen LogP contribution in [0.25, 0.3) is 0 Å². The Bertz CT molecular complexity index is 1040. The molecule has 0 saturated carbocycles. The molecule has 8 heteroatoms. The molecule has 1 N–H and O–H groups in total. The molecule has 1 amide bonds. The van der Waals surface area contributed by atoms with Crippen LogP contribution in [0.1, 0.15) is 34.3 Å². The van der Waals surface area contributed by atoms with Crippen LogP contribution in [0.5, 0.6) is 0 Å². The van der Waals surface area contributed by atoms with E-state index in [0.717, 1.165) is 30.0 Å². The zero-order chi connectivity index (χ0) is 21.6. The van der Waals surface area contributed by atoms with E-state index in [2.05, 4.69) is 20.2 Å². The fourth-order valence-corrected chi connectivity index (χ4v) is 4.38. The van der Waals surface area contributed by atoms with Gasteiger partial charge in [-0.2, -0.15) is 0 Å². The van der Waals surface area contributed by atoms with E-state index in [0.29, 0.717) is 28.2 Å². The van der Waals surface area contributed by atoms with Gasteiger partial charge in [0.2, 0.25) is 0 Å². The monoisotopic (exact) mass is 456 g/mol. The second-order valence-electron chi connectivity index (χ2n) is 7.32. The number of hydrogen-bond donors (Lipinski definition) is 1. The maximum atomic E-state index is 13.0. The predicted molar refractivity (Wildman–Crippen MR) is 122 cm³/mol. The summed E-state index contributed by atoms with van der Waals surface area (Å²) in [7, 11) is 0. The van der Waals surface area contributed by atoms with Crippen LogP contribution in [-0.2, 0) is 12.3 Å². The average molecular weight is 457 g/mol. The van der Waals surface area contributed by atoms with Crippen molar-refractivity contribution in [3.8, 4) is 0 Å². The van der Waals surface area contributed by atoms with Gasteiger partial charge < -0.3 is 10.2 Å². The molecule has 1 saturated heterocycles. The topological polar surface area (TPSA) is 58.1 Å². The number of rotatable bonds is 7.